The van der Waals surface area contributed by atoms with Crippen molar-refractivity contribution in [2.24, 2.45) is 17.3 Å². The minimum absolute atomic E-state index is 0.0212. The maximum absolute atomic E-state index is 12.6. The van der Waals surface area contributed by atoms with Gasteiger partial charge in [-0.2, -0.15) is 0 Å². The van der Waals surface area contributed by atoms with Crippen LogP contribution in [-0.4, -0.2) is 5.97 Å². The first kappa shape index (κ1) is 20.0. The fraction of sp³-hybridized carbons (Fsp3) is 0.348. The van der Waals surface area contributed by atoms with Crippen molar-refractivity contribution in [3.05, 3.63) is 69.7 Å². The molecule has 0 amide bonds. The predicted octanol–water partition coefficient (Wildman–Crippen LogP) is 6.60. The normalized spacial score (nSPS) is 20.1. The molecule has 2 aromatic carbocycles. The van der Waals surface area contributed by atoms with Crippen LogP contribution in [0, 0.1) is 31.1 Å². The molecule has 2 nitrogen and oxygen atoms in total. The highest BCUT2D eigenvalue weighted by atomic mass is 35.5. The highest BCUT2D eigenvalue weighted by Crippen LogP contribution is 2.60. The van der Waals surface area contributed by atoms with Gasteiger partial charge in [-0.1, -0.05) is 79.5 Å². The number of hydrogen-bond donors (Lipinski definition) is 0. The molecule has 0 spiro atoms. The molecule has 0 radical (unpaired) electrons. The minimum Gasteiger partial charge on any atom is -0.461 e. The highest BCUT2D eigenvalue weighted by Gasteiger charge is 2.61. The van der Waals surface area contributed by atoms with E-state index >= 15 is 0 Å². The number of hydrogen-bond acceptors (Lipinski definition) is 2. The number of rotatable bonds is 5. The van der Waals surface area contributed by atoms with Crippen LogP contribution in [-0.2, 0) is 16.1 Å². The van der Waals surface area contributed by atoms with Gasteiger partial charge in [-0.15, -0.1) is 0 Å². The second-order valence-electron chi connectivity index (χ2n) is 7.79. The molecule has 0 heterocycles. The Kier molecular flexibility index (Phi) is 5.69. The number of esters is 1. The molecule has 0 N–H and O–H groups in total. The van der Waals surface area contributed by atoms with E-state index in [1.165, 1.54) is 0 Å². The van der Waals surface area contributed by atoms with E-state index < -0.39 is 0 Å². The molecule has 27 heavy (non-hydrogen) atoms. The van der Waals surface area contributed by atoms with E-state index in [1.54, 1.807) is 6.08 Å². The van der Waals surface area contributed by atoms with Crippen LogP contribution in [0.4, 0.5) is 0 Å². The molecule has 0 aromatic heterocycles. The van der Waals surface area contributed by atoms with E-state index in [4.69, 9.17) is 27.9 Å². The summed E-state index contributed by atoms with van der Waals surface area (Å²) in [5.74, 6) is -0.379. The van der Waals surface area contributed by atoms with E-state index in [-0.39, 0.29) is 34.3 Å². The molecule has 1 saturated carbocycles. The van der Waals surface area contributed by atoms with E-state index in [1.807, 2.05) is 39.0 Å². The smallest absolute Gasteiger partial charge is 0.310 e. The summed E-state index contributed by atoms with van der Waals surface area (Å²) in [7, 11) is 0. The Bertz CT molecular complexity index is 881. The number of aryl methyl sites for hydroxylation is 1. The monoisotopic (exact) mass is 402 g/mol. The van der Waals surface area contributed by atoms with Crippen molar-refractivity contribution in [2.45, 2.75) is 34.3 Å². The highest BCUT2D eigenvalue weighted by molar-refractivity contribution is 6.55. The summed E-state index contributed by atoms with van der Waals surface area (Å²) in [5.41, 5.74) is 5.47. The molecule has 1 aliphatic carbocycles. The van der Waals surface area contributed by atoms with E-state index in [9.17, 15) is 4.79 Å². The summed E-state index contributed by atoms with van der Waals surface area (Å²) in [6.07, 6.45) is 1.74. The number of allylic oxidation sites excluding steroid dienone is 1. The zero-order chi connectivity index (χ0) is 19.8. The summed E-state index contributed by atoms with van der Waals surface area (Å²) in [5, 5.41) is 0. The molecule has 1 fully saturated rings. The van der Waals surface area contributed by atoms with Crippen LogP contribution >= 0.6 is 23.2 Å². The molecule has 1 aliphatic rings. The maximum Gasteiger partial charge on any atom is 0.310 e. The van der Waals surface area contributed by atoms with Crippen molar-refractivity contribution in [1.82, 2.24) is 0 Å². The van der Waals surface area contributed by atoms with Crippen LogP contribution in [0.2, 0.25) is 0 Å². The lowest BCUT2D eigenvalue weighted by molar-refractivity contribution is -0.147. The third kappa shape index (κ3) is 4.07. The lowest BCUT2D eigenvalue weighted by atomic mass is 9.94. The van der Waals surface area contributed by atoms with Crippen molar-refractivity contribution < 1.29 is 9.53 Å². The van der Waals surface area contributed by atoms with Gasteiger partial charge in [-0.3, -0.25) is 4.79 Å². The van der Waals surface area contributed by atoms with Crippen LogP contribution < -0.4 is 0 Å². The van der Waals surface area contributed by atoms with Gasteiger partial charge in [0.2, 0.25) is 0 Å². The van der Waals surface area contributed by atoms with Crippen LogP contribution in [0.15, 0.2) is 53.0 Å². The van der Waals surface area contributed by atoms with Crippen LogP contribution in [0.3, 0.4) is 0 Å². The fourth-order valence-corrected chi connectivity index (χ4v) is 4.12. The predicted molar refractivity (Wildman–Crippen MR) is 112 cm³/mol. The molecule has 0 bridgehead atoms. The zero-order valence-corrected chi connectivity index (χ0v) is 17.6. The molecule has 2 atom stereocenters. The average Bonchev–Trinajstić information content (AvgIpc) is 3.14. The second-order valence-corrected chi connectivity index (χ2v) is 8.80. The standard InChI is InChI=1S/C23H24Cl2O2/c1-14-10-11-17(16-8-6-5-7-9-16)15(2)18(14)13-27-22(26)21-19(12-20(24)25)23(21,3)4/h5-12,19,21H,13H2,1-4H3/t19-,21+/m1/s1. The third-order valence-corrected chi connectivity index (χ3v) is 6.00. The Morgan fingerprint density at radius 3 is 2.41 bits per heavy atom. The number of carbonyl (C=O) groups is 1. The Morgan fingerprint density at radius 2 is 1.78 bits per heavy atom. The number of benzene rings is 2. The minimum atomic E-state index is -0.206. The van der Waals surface area contributed by atoms with Gasteiger partial charge in [0, 0.05) is 0 Å². The molecule has 2 aromatic rings. The summed E-state index contributed by atoms with van der Waals surface area (Å²) in [4.78, 5) is 12.6. The number of halogens is 2. The van der Waals surface area contributed by atoms with Gasteiger partial charge in [-0.05, 0) is 59.1 Å². The SMILES string of the molecule is Cc1ccc(-c2ccccc2)c(C)c1COC(=O)[C@@H]1[C@@H](C=C(Cl)Cl)C1(C)C. The summed E-state index contributed by atoms with van der Waals surface area (Å²) in [6.45, 7) is 8.46. The lowest BCUT2D eigenvalue weighted by Crippen LogP contribution is -2.12. The fourth-order valence-electron chi connectivity index (χ4n) is 3.85. The van der Waals surface area contributed by atoms with Crippen LogP contribution in [0.25, 0.3) is 11.1 Å². The number of carbonyl (C=O) groups excluding carboxylic acids is 1. The third-order valence-electron chi connectivity index (χ3n) is 5.75. The maximum atomic E-state index is 12.6. The molecular weight excluding hydrogens is 379 g/mol. The van der Waals surface area contributed by atoms with E-state index in [0.29, 0.717) is 0 Å². The molecule has 0 saturated heterocycles. The topological polar surface area (TPSA) is 26.3 Å². The lowest BCUT2D eigenvalue weighted by Gasteiger charge is -2.15. The molecule has 0 aliphatic heterocycles. The van der Waals surface area contributed by atoms with Crippen LogP contribution in [0.1, 0.15) is 30.5 Å². The Labute approximate surface area is 171 Å². The average molecular weight is 403 g/mol. The Balaban J connectivity index is 1.77. The summed E-state index contributed by atoms with van der Waals surface area (Å²) < 4.78 is 5.90. The molecule has 3 rings (SSSR count). The van der Waals surface area contributed by atoms with E-state index in [2.05, 4.69) is 31.2 Å². The molecule has 142 valence electrons. The summed E-state index contributed by atoms with van der Waals surface area (Å²) in [6, 6.07) is 14.4. The number of ether oxygens (including phenoxy) is 1. The molecular formula is C23H24Cl2O2. The van der Waals surface area contributed by atoms with Crippen molar-refractivity contribution in [3.63, 3.8) is 0 Å². The zero-order valence-electron chi connectivity index (χ0n) is 16.1. The quantitative estimate of drug-likeness (QED) is 0.526. The second kappa shape index (κ2) is 7.69. The van der Waals surface area contributed by atoms with Gasteiger partial charge in [0.15, 0.2) is 0 Å². The van der Waals surface area contributed by atoms with Gasteiger partial charge in [-0.25, -0.2) is 0 Å². The van der Waals surface area contributed by atoms with Crippen molar-refractivity contribution in [2.75, 3.05) is 0 Å². The van der Waals surface area contributed by atoms with Gasteiger partial charge in [0.05, 0.1) is 5.92 Å². The van der Waals surface area contributed by atoms with Gasteiger partial charge in [0.25, 0.3) is 0 Å². The van der Waals surface area contributed by atoms with Crippen LogP contribution in [0.5, 0.6) is 0 Å². The Hall–Kier alpha value is -1.77. The molecule has 0 unspecified atom stereocenters. The van der Waals surface area contributed by atoms with Gasteiger partial charge >= 0.3 is 5.97 Å². The van der Waals surface area contributed by atoms with E-state index in [0.717, 1.165) is 27.8 Å². The van der Waals surface area contributed by atoms with Crippen molar-refractivity contribution >= 4 is 29.2 Å². The first-order valence-electron chi connectivity index (χ1n) is 9.07. The first-order chi connectivity index (χ1) is 12.7. The summed E-state index contributed by atoms with van der Waals surface area (Å²) >= 11 is 11.5. The van der Waals surface area contributed by atoms with Gasteiger partial charge < -0.3 is 4.74 Å². The van der Waals surface area contributed by atoms with Gasteiger partial charge in [0.1, 0.15) is 11.1 Å². The van der Waals surface area contributed by atoms with Crippen molar-refractivity contribution in [3.8, 4) is 11.1 Å². The van der Waals surface area contributed by atoms with Crippen molar-refractivity contribution in [1.29, 1.82) is 0 Å². The molecule has 4 heteroatoms. The first-order valence-corrected chi connectivity index (χ1v) is 9.83. The Morgan fingerprint density at radius 1 is 1.11 bits per heavy atom. The largest absolute Gasteiger partial charge is 0.461 e.